The highest BCUT2D eigenvalue weighted by Crippen LogP contribution is 2.36. The summed E-state index contributed by atoms with van der Waals surface area (Å²) in [7, 11) is 0. The van der Waals surface area contributed by atoms with Gasteiger partial charge >= 0.3 is 6.18 Å². The van der Waals surface area contributed by atoms with Crippen LogP contribution in [0, 0.1) is 17.0 Å². The van der Waals surface area contributed by atoms with E-state index in [-0.39, 0.29) is 37.7 Å². The summed E-state index contributed by atoms with van der Waals surface area (Å²) in [6, 6.07) is 9.99. The number of aryl methyl sites for hydroxylation is 1. The Morgan fingerprint density at radius 1 is 1.10 bits per heavy atom. The molecule has 0 N–H and O–H groups in total. The molecular weight excluding hydrogens is 415 g/mol. The van der Waals surface area contributed by atoms with Gasteiger partial charge in [0.05, 0.1) is 23.5 Å². The number of rotatable bonds is 6. The van der Waals surface area contributed by atoms with E-state index in [9.17, 15) is 28.1 Å². The molecule has 2 aromatic rings. The lowest BCUT2D eigenvalue weighted by Gasteiger charge is -2.36. The van der Waals surface area contributed by atoms with Crippen molar-refractivity contribution in [3.05, 3.63) is 63.7 Å². The number of amides is 1. The number of carbonyl (C=O) groups excluding carboxylic acids is 1. The van der Waals surface area contributed by atoms with Gasteiger partial charge in [0.25, 0.3) is 5.69 Å². The molecule has 0 aliphatic carbocycles. The fraction of sp³-hybridized carbons (Fsp3) is 0.381. The molecule has 7 nitrogen and oxygen atoms in total. The molecule has 0 atom stereocenters. The molecule has 3 rings (SSSR count). The molecule has 1 amide bonds. The number of piperazine rings is 1. The molecule has 0 radical (unpaired) electrons. The van der Waals surface area contributed by atoms with E-state index in [0.717, 1.165) is 17.7 Å². The number of anilines is 1. The van der Waals surface area contributed by atoms with Gasteiger partial charge in [0.1, 0.15) is 11.4 Å². The van der Waals surface area contributed by atoms with E-state index in [2.05, 4.69) is 0 Å². The normalized spacial score (nSPS) is 14.5. The third-order valence-corrected chi connectivity index (χ3v) is 5.08. The molecule has 31 heavy (non-hydrogen) atoms. The summed E-state index contributed by atoms with van der Waals surface area (Å²) in [5.74, 6) is 0.575. The Balaban J connectivity index is 1.55. The highest BCUT2D eigenvalue weighted by molar-refractivity contribution is 5.77. The summed E-state index contributed by atoms with van der Waals surface area (Å²) in [5.41, 5.74) is -0.436. The van der Waals surface area contributed by atoms with Gasteiger partial charge < -0.3 is 14.5 Å². The highest BCUT2D eigenvalue weighted by Gasteiger charge is 2.34. The molecular formula is C21H22F3N3O4. The van der Waals surface area contributed by atoms with E-state index in [1.165, 1.54) is 0 Å². The molecule has 2 aromatic carbocycles. The van der Waals surface area contributed by atoms with Crippen LogP contribution in [0.4, 0.5) is 24.5 Å². The number of ether oxygens (including phenoxy) is 1. The number of nitro benzene ring substituents is 1. The van der Waals surface area contributed by atoms with Crippen molar-refractivity contribution in [2.75, 3.05) is 37.7 Å². The average molecular weight is 437 g/mol. The largest absolute Gasteiger partial charge is 0.493 e. The first-order chi connectivity index (χ1) is 14.6. The molecule has 1 aliphatic rings. The Morgan fingerprint density at radius 2 is 1.74 bits per heavy atom. The van der Waals surface area contributed by atoms with Crippen LogP contribution in [0.5, 0.6) is 5.75 Å². The van der Waals surface area contributed by atoms with Crippen molar-refractivity contribution < 1.29 is 27.6 Å². The molecule has 166 valence electrons. The number of halogens is 3. The van der Waals surface area contributed by atoms with Crippen LogP contribution in [0.25, 0.3) is 0 Å². The standard InChI is InChI=1S/C21H22F3N3O4/c1-15-2-5-17(6-3-15)31-13-8-20(28)26-11-9-25(10-12-26)18-7-4-16(21(22,23)24)14-19(18)27(29)30/h2-7,14H,8-13H2,1H3. The van der Waals surface area contributed by atoms with Crippen LogP contribution in [0.2, 0.25) is 0 Å². The second-order valence-corrected chi connectivity index (χ2v) is 7.24. The van der Waals surface area contributed by atoms with E-state index >= 15 is 0 Å². The van der Waals surface area contributed by atoms with E-state index in [0.29, 0.717) is 24.9 Å². The number of hydrogen-bond acceptors (Lipinski definition) is 5. The van der Waals surface area contributed by atoms with Gasteiger partial charge in [-0.1, -0.05) is 17.7 Å². The van der Waals surface area contributed by atoms with E-state index < -0.39 is 22.4 Å². The lowest BCUT2D eigenvalue weighted by molar-refractivity contribution is -0.384. The number of hydrogen-bond donors (Lipinski definition) is 0. The maximum absolute atomic E-state index is 12.9. The zero-order valence-electron chi connectivity index (χ0n) is 16.9. The molecule has 1 fully saturated rings. The van der Waals surface area contributed by atoms with Gasteiger partial charge in [0.15, 0.2) is 0 Å². The van der Waals surface area contributed by atoms with Crippen LogP contribution in [0.15, 0.2) is 42.5 Å². The van der Waals surface area contributed by atoms with Crippen molar-refractivity contribution in [2.45, 2.75) is 19.5 Å². The Kier molecular flexibility index (Phi) is 6.67. The summed E-state index contributed by atoms with van der Waals surface area (Å²) >= 11 is 0. The van der Waals surface area contributed by atoms with Crippen molar-refractivity contribution in [1.82, 2.24) is 4.90 Å². The molecule has 1 saturated heterocycles. The SMILES string of the molecule is Cc1ccc(OCCC(=O)N2CCN(c3ccc(C(F)(F)F)cc3[N+](=O)[O-])CC2)cc1. The van der Waals surface area contributed by atoms with Gasteiger partial charge in [-0.2, -0.15) is 13.2 Å². The quantitative estimate of drug-likeness (QED) is 0.504. The maximum Gasteiger partial charge on any atom is 0.416 e. The highest BCUT2D eigenvalue weighted by atomic mass is 19.4. The second-order valence-electron chi connectivity index (χ2n) is 7.24. The van der Waals surface area contributed by atoms with E-state index in [1.54, 1.807) is 9.80 Å². The maximum atomic E-state index is 12.9. The summed E-state index contributed by atoms with van der Waals surface area (Å²) in [4.78, 5) is 26.2. The lowest BCUT2D eigenvalue weighted by Crippen LogP contribution is -2.49. The van der Waals surface area contributed by atoms with Gasteiger partial charge in [-0.15, -0.1) is 0 Å². The van der Waals surface area contributed by atoms with Gasteiger partial charge in [-0.3, -0.25) is 14.9 Å². The molecule has 10 heteroatoms. The number of carbonyl (C=O) groups is 1. The zero-order valence-corrected chi connectivity index (χ0v) is 16.9. The minimum absolute atomic E-state index is 0.103. The second kappa shape index (κ2) is 9.23. The molecule has 0 saturated carbocycles. The number of alkyl halides is 3. The first-order valence-electron chi connectivity index (χ1n) is 9.73. The third kappa shape index (κ3) is 5.65. The molecule has 0 spiro atoms. The van der Waals surface area contributed by atoms with Crippen LogP contribution < -0.4 is 9.64 Å². The first-order valence-corrected chi connectivity index (χ1v) is 9.73. The summed E-state index contributed by atoms with van der Waals surface area (Å²) in [5, 5.41) is 11.3. The molecule has 0 bridgehead atoms. The smallest absolute Gasteiger partial charge is 0.416 e. The molecule has 1 aliphatic heterocycles. The van der Waals surface area contributed by atoms with Gasteiger partial charge in [-0.05, 0) is 31.2 Å². The van der Waals surface area contributed by atoms with E-state index in [4.69, 9.17) is 4.74 Å². The van der Waals surface area contributed by atoms with Gasteiger partial charge in [0.2, 0.25) is 5.91 Å². The predicted molar refractivity (Wildman–Crippen MR) is 108 cm³/mol. The number of nitrogens with zero attached hydrogens (tertiary/aromatic N) is 3. The fourth-order valence-electron chi connectivity index (χ4n) is 3.36. The number of benzene rings is 2. The van der Waals surface area contributed by atoms with Crippen LogP contribution in [-0.4, -0.2) is 48.5 Å². The minimum Gasteiger partial charge on any atom is -0.493 e. The zero-order chi connectivity index (χ0) is 22.6. The summed E-state index contributed by atoms with van der Waals surface area (Å²) < 4.78 is 44.2. The Hall–Kier alpha value is -3.30. The average Bonchev–Trinajstić information content (AvgIpc) is 2.74. The van der Waals surface area contributed by atoms with Gasteiger partial charge in [-0.25, -0.2) is 0 Å². The first kappa shape index (κ1) is 22.4. The summed E-state index contributed by atoms with van der Waals surface area (Å²) in [6.45, 7) is 3.41. The summed E-state index contributed by atoms with van der Waals surface area (Å²) in [6.07, 6.45) is -4.47. The predicted octanol–water partition coefficient (Wildman–Crippen LogP) is 4.04. The fourth-order valence-corrected chi connectivity index (χ4v) is 3.36. The Bertz CT molecular complexity index is 940. The molecule has 0 unspecified atom stereocenters. The lowest BCUT2D eigenvalue weighted by atomic mass is 10.1. The van der Waals surface area contributed by atoms with E-state index in [1.807, 2.05) is 31.2 Å². The van der Waals surface area contributed by atoms with Crippen LogP contribution in [0.3, 0.4) is 0 Å². The van der Waals surface area contributed by atoms with Crippen LogP contribution in [-0.2, 0) is 11.0 Å². The Labute approximate surface area is 177 Å². The molecule has 1 heterocycles. The number of nitro groups is 1. The van der Waals surface area contributed by atoms with Crippen molar-refractivity contribution in [1.29, 1.82) is 0 Å². The third-order valence-electron chi connectivity index (χ3n) is 5.08. The topological polar surface area (TPSA) is 75.9 Å². The van der Waals surface area contributed by atoms with Crippen LogP contribution >= 0.6 is 0 Å². The Morgan fingerprint density at radius 3 is 2.32 bits per heavy atom. The van der Waals surface area contributed by atoms with Crippen LogP contribution in [0.1, 0.15) is 17.5 Å². The minimum atomic E-state index is -4.66. The van der Waals surface area contributed by atoms with Gasteiger partial charge in [0, 0.05) is 32.2 Å². The van der Waals surface area contributed by atoms with Crippen molar-refractivity contribution >= 4 is 17.3 Å². The van der Waals surface area contributed by atoms with Crippen molar-refractivity contribution in [3.8, 4) is 5.75 Å². The molecule has 0 aromatic heterocycles. The van der Waals surface area contributed by atoms with Crippen molar-refractivity contribution in [2.24, 2.45) is 0 Å². The van der Waals surface area contributed by atoms with Crippen molar-refractivity contribution in [3.63, 3.8) is 0 Å². The monoisotopic (exact) mass is 437 g/mol.